The molecule has 0 aliphatic carbocycles. The van der Waals surface area contributed by atoms with E-state index in [4.69, 9.17) is 18.5 Å². The molecule has 10 heteroatoms. The summed E-state index contributed by atoms with van der Waals surface area (Å²) < 4.78 is 32.0. The van der Waals surface area contributed by atoms with E-state index < -0.39 is 32.5 Å². The first-order chi connectivity index (χ1) is 15.3. The predicted octanol–water partition coefficient (Wildman–Crippen LogP) is 3.56. The SMILES string of the molecule is [CH2-]CCCCCCCC(=O)OC[C@@H](COP(=O)(O)OCC[NH3+])OC(=O)CCCCCC[CH2-]. The van der Waals surface area contributed by atoms with Crippen molar-refractivity contribution in [3.8, 4) is 0 Å². The Balaban J connectivity index is 4.46. The van der Waals surface area contributed by atoms with Crippen LogP contribution in [0.15, 0.2) is 0 Å². The van der Waals surface area contributed by atoms with Gasteiger partial charge in [-0.2, -0.15) is 12.8 Å². The zero-order valence-electron chi connectivity index (χ0n) is 19.5. The van der Waals surface area contributed by atoms with Crippen LogP contribution in [0.5, 0.6) is 0 Å². The van der Waals surface area contributed by atoms with Gasteiger partial charge in [0, 0.05) is 12.8 Å². The smallest absolute Gasteiger partial charge is 0.462 e. The van der Waals surface area contributed by atoms with Crippen LogP contribution in [0, 0.1) is 13.8 Å². The van der Waals surface area contributed by atoms with Gasteiger partial charge >= 0.3 is 19.8 Å². The highest BCUT2D eigenvalue weighted by molar-refractivity contribution is 7.47. The maximum atomic E-state index is 12.1. The van der Waals surface area contributed by atoms with E-state index in [0.29, 0.717) is 13.0 Å². The molecular weight excluding hydrogens is 437 g/mol. The highest BCUT2D eigenvalue weighted by Gasteiger charge is 2.26. The van der Waals surface area contributed by atoms with Gasteiger partial charge in [-0.25, -0.2) is 4.57 Å². The lowest BCUT2D eigenvalue weighted by molar-refractivity contribution is -0.371. The zero-order chi connectivity index (χ0) is 24.1. The van der Waals surface area contributed by atoms with Crippen molar-refractivity contribution in [2.24, 2.45) is 0 Å². The number of hydrogen-bond donors (Lipinski definition) is 2. The molecule has 4 N–H and O–H groups in total. The summed E-state index contributed by atoms with van der Waals surface area (Å²) >= 11 is 0. The van der Waals surface area contributed by atoms with Crippen LogP contribution in [0.2, 0.25) is 0 Å². The van der Waals surface area contributed by atoms with Gasteiger partial charge < -0.3 is 33.9 Å². The number of carbonyl (C=O) groups excluding carboxylic acids is 2. The van der Waals surface area contributed by atoms with Crippen molar-refractivity contribution in [1.29, 1.82) is 0 Å². The molecule has 9 nitrogen and oxygen atoms in total. The molecular formula is C22H43NO8P-. The highest BCUT2D eigenvalue weighted by atomic mass is 31.2. The third kappa shape index (κ3) is 19.7. The average molecular weight is 481 g/mol. The fourth-order valence-electron chi connectivity index (χ4n) is 2.79. The zero-order valence-corrected chi connectivity index (χ0v) is 20.4. The molecule has 190 valence electrons. The summed E-state index contributed by atoms with van der Waals surface area (Å²) in [6, 6.07) is 0. The first-order valence-electron chi connectivity index (χ1n) is 11.7. The number of phosphoric acid groups is 1. The van der Waals surface area contributed by atoms with Gasteiger partial charge in [0.2, 0.25) is 0 Å². The van der Waals surface area contributed by atoms with E-state index >= 15 is 0 Å². The van der Waals surface area contributed by atoms with E-state index in [1.54, 1.807) is 0 Å². The minimum absolute atomic E-state index is 0.0464. The van der Waals surface area contributed by atoms with Crippen molar-refractivity contribution in [3.05, 3.63) is 13.8 Å². The topological polar surface area (TPSA) is 136 Å². The maximum Gasteiger partial charge on any atom is 0.472 e. The molecule has 32 heavy (non-hydrogen) atoms. The molecule has 0 amide bonds. The monoisotopic (exact) mass is 480 g/mol. The third-order valence-electron chi connectivity index (χ3n) is 4.56. The number of esters is 2. The van der Waals surface area contributed by atoms with E-state index in [-0.39, 0.29) is 26.1 Å². The normalized spacial score (nSPS) is 14.0. The summed E-state index contributed by atoms with van der Waals surface area (Å²) in [6.07, 6.45) is 9.71. The Labute approximate surface area is 193 Å². The molecule has 0 radical (unpaired) electrons. The fraction of sp³-hybridized carbons (Fsp3) is 0.818. The molecule has 0 bridgehead atoms. The first-order valence-corrected chi connectivity index (χ1v) is 13.2. The van der Waals surface area contributed by atoms with Crippen molar-refractivity contribution in [3.63, 3.8) is 0 Å². The van der Waals surface area contributed by atoms with E-state index in [2.05, 4.69) is 19.6 Å². The Morgan fingerprint density at radius 3 is 1.91 bits per heavy atom. The van der Waals surface area contributed by atoms with Crippen LogP contribution >= 0.6 is 7.82 Å². The van der Waals surface area contributed by atoms with Gasteiger partial charge in [-0.1, -0.05) is 44.9 Å². The number of unbranched alkanes of at least 4 members (excludes halogenated alkanes) is 9. The summed E-state index contributed by atoms with van der Waals surface area (Å²) in [5.41, 5.74) is 3.52. The lowest BCUT2D eigenvalue weighted by Gasteiger charge is -2.19. The number of ether oxygens (including phenoxy) is 2. The van der Waals surface area contributed by atoms with E-state index in [1.807, 2.05) is 0 Å². The van der Waals surface area contributed by atoms with E-state index in [1.165, 1.54) is 0 Å². The summed E-state index contributed by atoms with van der Waals surface area (Å²) in [6.45, 7) is 7.16. The van der Waals surface area contributed by atoms with Crippen LogP contribution in [-0.2, 0) is 32.7 Å². The van der Waals surface area contributed by atoms with Gasteiger partial charge in [-0.05, 0) is 12.8 Å². The molecule has 0 aliphatic rings. The average Bonchev–Trinajstić information content (AvgIpc) is 2.76. The summed E-state index contributed by atoms with van der Waals surface area (Å²) in [7, 11) is -4.30. The van der Waals surface area contributed by atoms with Crippen LogP contribution in [0.1, 0.15) is 83.5 Å². The van der Waals surface area contributed by atoms with Crippen molar-refractivity contribution in [2.75, 3.05) is 26.4 Å². The second-order valence-corrected chi connectivity index (χ2v) is 9.09. The molecule has 0 rings (SSSR count). The summed E-state index contributed by atoms with van der Waals surface area (Å²) in [5, 5.41) is 0. The van der Waals surface area contributed by atoms with Gasteiger partial charge in [0.1, 0.15) is 13.2 Å². The van der Waals surface area contributed by atoms with Gasteiger partial charge in [0.25, 0.3) is 0 Å². The van der Waals surface area contributed by atoms with Crippen LogP contribution < -0.4 is 5.73 Å². The standard InChI is InChI=1S/C22H42NO8P/c1-3-5-7-9-11-12-14-21(24)28-18-20(19-30-32(26,27)29-17-16-23)31-22(25)15-13-10-8-6-4-2/h20H,1-19,23H2,(H,26,27)/q-2/p+1/t20-/m0/s1. The Bertz CT molecular complexity index is 532. The number of hydrogen-bond acceptors (Lipinski definition) is 7. The molecule has 0 saturated heterocycles. The van der Waals surface area contributed by atoms with Crippen LogP contribution in [0.4, 0.5) is 0 Å². The van der Waals surface area contributed by atoms with E-state index in [9.17, 15) is 19.0 Å². The van der Waals surface area contributed by atoms with Crippen molar-refractivity contribution in [2.45, 2.75) is 89.6 Å². The van der Waals surface area contributed by atoms with Crippen molar-refractivity contribution in [1.82, 2.24) is 0 Å². The van der Waals surface area contributed by atoms with Gasteiger partial charge in [0.15, 0.2) is 6.10 Å². The second kappa shape index (κ2) is 20.6. The minimum Gasteiger partial charge on any atom is -0.462 e. The van der Waals surface area contributed by atoms with Gasteiger partial charge in [-0.3, -0.25) is 18.6 Å². The Kier molecular flexibility index (Phi) is 20.0. The number of quaternary nitrogens is 1. The summed E-state index contributed by atoms with van der Waals surface area (Å²) in [4.78, 5) is 33.8. The second-order valence-electron chi connectivity index (χ2n) is 7.64. The first kappa shape index (κ1) is 31.0. The molecule has 0 aromatic rings. The molecule has 2 atom stereocenters. The molecule has 1 unspecified atom stereocenters. The molecule has 0 fully saturated rings. The minimum atomic E-state index is -4.30. The molecule has 0 spiro atoms. The van der Waals surface area contributed by atoms with Crippen LogP contribution in [0.25, 0.3) is 0 Å². The number of phosphoric ester groups is 1. The Morgan fingerprint density at radius 2 is 1.34 bits per heavy atom. The maximum absolute atomic E-state index is 12.1. The van der Waals surface area contributed by atoms with Crippen LogP contribution in [0.3, 0.4) is 0 Å². The van der Waals surface area contributed by atoms with Gasteiger partial charge in [0.05, 0.1) is 13.2 Å². The molecule has 0 aromatic heterocycles. The molecule has 0 saturated carbocycles. The summed E-state index contributed by atoms with van der Waals surface area (Å²) in [5.74, 6) is -0.877. The van der Waals surface area contributed by atoms with Crippen molar-refractivity contribution >= 4 is 19.8 Å². The molecule has 0 heterocycles. The molecule has 0 aliphatic heterocycles. The Hall–Kier alpha value is -0.990. The molecule has 0 aromatic carbocycles. The van der Waals surface area contributed by atoms with Gasteiger partial charge in [-0.15, -0.1) is 0 Å². The predicted molar refractivity (Wildman–Crippen MR) is 121 cm³/mol. The number of carbonyl (C=O) groups is 2. The fourth-order valence-corrected chi connectivity index (χ4v) is 3.58. The number of rotatable bonds is 22. The Morgan fingerprint density at radius 1 is 0.812 bits per heavy atom. The third-order valence-corrected chi connectivity index (χ3v) is 5.55. The quantitative estimate of drug-likeness (QED) is 0.104. The lowest BCUT2D eigenvalue weighted by Crippen LogP contribution is -2.52. The van der Waals surface area contributed by atoms with E-state index in [0.717, 1.165) is 64.2 Å². The largest absolute Gasteiger partial charge is 0.472 e. The lowest BCUT2D eigenvalue weighted by atomic mass is 10.1. The van der Waals surface area contributed by atoms with Crippen LogP contribution in [-0.4, -0.2) is 49.3 Å². The van der Waals surface area contributed by atoms with Crippen molar-refractivity contribution < 1.29 is 43.3 Å². The highest BCUT2D eigenvalue weighted by Crippen LogP contribution is 2.43.